The molecule has 1 heterocycles. The number of rotatable bonds is 3. The standard InChI is InChI=1S/C13H11ClN4O3S/c1-22-13-15-6-8(14)10(16-13)12(21)18-17-11(20)7-4-2-3-5-9(7)19/h2-6,19H,1H3,(H,17,20)(H,18,21). The smallest absolute Gasteiger partial charge is 0.289 e. The maximum atomic E-state index is 12.0. The molecule has 0 radical (unpaired) electrons. The van der Waals surface area contributed by atoms with Crippen molar-refractivity contribution in [2.24, 2.45) is 0 Å². The molecule has 0 aliphatic carbocycles. The van der Waals surface area contributed by atoms with Gasteiger partial charge in [0.15, 0.2) is 10.9 Å². The molecule has 9 heteroatoms. The lowest BCUT2D eigenvalue weighted by Crippen LogP contribution is -2.42. The van der Waals surface area contributed by atoms with Gasteiger partial charge in [0.05, 0.1) is 16.8 Å². The van der Waals surface area contributed by atoms with Crippen molar-refractivity contribution in [1.29, 1.82) is 0 Å². The van der Waals surface area contributed by atoms with E-state index in [1.807, 2.05) is 0 Å². The van der Waals surface area contributed by atoms with E-state index < -0.39 is 11.8 Å². The number of phenolic OH excluding ortho intramolecular Hbond substituents is 1. The number of halogens is 1. The van der Waals surface area contributed by atoms with E-state index in [2.05, 4.69) is 20.8 Å². The number of para-hydroxylation sites is 1. The zero-order valence-electron chi connectivity index (χ0n) is 11.3. The summed E-state index contributed by atoms with van der Waals surface area (Å²) in [4.78, 5) is 31.7. The van der Waals surface area contributed by atoms with Gasteiger partial charge in [-0.3, -0.25) is 20.4 Å². The van der Waals surface area contributed by atoms with Crippen molar-refractivity contribution in [2.75, 3.05) is 6.26 Å². The van der Waals surface area contributed by atoms with Crippen LogP contribution in [0, 0.1) is 0 Å². The third kappa shape index (κ3) is 3.66. The Morgan fingerprint density at radius 1 is 1.23 bits per heavy atom. The summed E-state index contributed by atoms with van der Waals surface area (Å²) >= 11 is 7.11. The molecule has 1 aromatic carbocycles. The fourth-order valence-electron chi connectivity index (χ4n) is 1.51. The average Bonchev–Trinajstić information content (AvgIpc) is 2.53. The fourth-order valence-corrected chi connectivity index (χ4v) is 2.03. The van der Waals surface area contributed by atoms with Gasteiger partial charge in [-0.15, -0.1) is 0 Å². The van der Waals surface area contributed by atoms with E-state index in [0.29, 0.717) is 5.16 Å². The highest BCUT2D eigenvalue weighted by Crippen LogP contribution is 2.17. The Morgan fingerprint density at radius 3 is 2.59 bits per heavy atom. The van der Waals surface area contributed by atoms with Crippen LogP contribution in [0.4, 0.5) is 0 Å². The first-order valence-electron chi connectivity index (χ1n) is 5.98. The van der Waals surface area contributed by atoms with Crippen molar-refractivity contribution in [3.8, 4) is 5.75 Å². The lowest BCUT2D eigenvalue weighted by molar-refractivity contribution is 0.0842. The minimum atomic E-state index is -0.688. The molecule has 22 heavy (non-hydrogen) atoms. The zero-order valence-corrected chi connectivity index (χ0v) is 12.9. The van der Waals surface area contributed by atoms with Crippen LogP contribution in [0.3, 0.4) is 0 Å². The Kier molecular flexibility index (Phi) is 5.18. The van der Waals surface area contributed by atoms with Gasteiger partial charge in [0.2, 0.25) is 0 Å². The van der Waals surface area contributed by atoms with Crippen LogP contribution < -0.4 is 10.9 Å². The van der Waals surface area contributed by atoms with Gasteiger partial charge in [-0.2, -0.15) is 0 Å². The van der Waals surface area contributed by atoms with E-state index in [1.54, 1.807) is 18.4 Å². The number of benzene rings is 1. The van der Waals surface area contributed by atoms with E-state index in [0.717, 1.165) is 0 Å². The Hall–Kier alpha value is -2.32. The number of carbonyl (C=O) groups excluding carboxylic acids is 2. The molecule has 0 aliphatic heterocycles. The summed E-state index contributed by atoms with van der Waals surface area (Å²) in [6, 6.07) is 5.95. The van der Waals surface area contributed by atoms with E-state index in [1.165, 1.54) is 30.1 Å². The monoisotopic (exact) mass is 338 g/mol. The van der Waals surface area contributed by atoms with Gasteiger partial charge < -0.3 is 5.11 Å². The lowest BCUT2D eigenvalue weighted by Gasteiger charge is -2.09. The van der Waals surface area contributed by atoms with Crippen molar-refractivity contribution in [3.05, 3.63) is 46.7 Å². The average molecular weight is 339 g/mol. The molecule has 114 valence electrons. The molecule has 0 atom stereocenters. The molecule has 1 aromatic heterocycles. The van der Waals surface area contributed by atoms with E-state index in [9.17, 15) is 14.7 Å². The Morgan fingerprint density at radius 2 is 1.91 bits per heavy atom. The zero-order chi connectivity index (χ0) is 16.1. The quantitative estimate of drug-likeness (QED) is 0.446. The number of phenols is 1. The number of aromatic hydroxyl groups is 1. The van der Waals surface area contributed by atoms with Gasteiger partial charge in [-0.1, -0.05) is 35.5 Å². The maximum absolute atomic E-state index is 12.0. The van der Waals surface area contributed by atoms with Crippen LogP contribution in [-0.2, 0) is 0 Å². The highest BCUT2D eigenvalue weighted by molar-refractivity contribution is 7.98. The fraction of sp³-hybridized carbons (Fsp3) is 0.0769. The Bertz CT molecular complexity index is 726. The number of nitrogens with zero attached hydrogens (tertiary/aromatic N) is 2. The van der Waals surface area contributed by atoms with Crippen molar-refractivity contribution in [3.63, 3.8) is 0 Å². The maximum Gasteiger partial charge on any atom is 0.289 e. The molecule has 0 aliphatic rings. The van der Waals surface area contributed by atoms with E-state index >= 15 is 0 Å². The van der Waals surface area contributed by atoms with Crippen LogP contribution in [0.15, 0.2) is 35.6 Å². The van der Waals surface area contributed by atoms with Gasteiger partial charge in [-0.05, 0) is 18.4 Å². The van der Waals surface area contributed by atoms with Crippen LogP contribution in [-0.4, -0.2) is 33.1 Å². The third-order valence-electron chi connectivity index (χ3n) is 2.56. The molecule has 0 saturated heterocycles. The number of amides is 2. The van der Waals surface area contributed by atoms with Gasteiger partial charge in [0.25, 0.3) is 11.8 Å². The molecule has 2 rings (SSSR count). The number of nitrogens with one attached hydrogen (secondary N) is 2. The van der Waals surface area contributed by atoms with Crippen LogP contribution in [0.2, 0.25) is 5.02 Å². The van der Waals surface area contributed by atoms with Crippen molar-refractivity contribution in [2.45, 2.75) is 5.16 Å². The van der Waals surface area contributed by atoms with Crippen LogP contribution in [0.1, 0.15) is 20.8 Å². The first-order chi connectivity index (χ1) is 10.5. The molecule has 0 unspecified atom stereocenters. The van der Waals surface area contributed by atoms with Crippen LogP contribution in [0.25, 0.3) is 0 Å². The summed E-state index contributed by atoms with van der Waals surface area (Å²) in [5, 5.41) is 10.00. The predicted molar refractivity (Wildman–Crippen MR) is 81.9 cm³/mol. The molecule has 0 spiro atoms. The largest absolute Gasteiger partial charge is 0.507 e. The molecule has 3 N–H and O–H groups in total. The first kappa shape index (κ1) is 16.1. The summed E-state index contributed by atoms with van der Waals surface area (Å²) in [6.07, 6.45) is 3.06. The predicted octanol–water partition coefficient (Wildman–Crippen LogP) is 1.63. The van der Waals surface area contributed by atoms with Gasteiger partial charge in [-0.25, -0.2) is 9.97 Å². The minimum Gasteiger partial charge on any atom is -0.507 e. The van der Waals surface area contributed by atoms with Crippen molar-refractivity contribution in [1.82, 2.24) is 20.8 Å². The summed E-state index contributed by atoms with van der Waals surface area (Å²) in [7, 11) is 0. The van der Waals surface area contributed by atoms with Crippen LogP contribution in [0.5, 0.6) is 5.75 Å². The number of hydrogen-bond acceptors (Lipinski definition) is 6. The molecule has 0 bridgehead atoms. The summed E-state index contributed by atoms with van der Waals surface area (Å²) in [6.45, 7) is 0. The highest BCUT2D eigenvalue weighted by atomic mass is 35.5. The second-order valence-electron chi connectivity index (χ2n) is 3.98. The van der Waals surface area contributed by atoms with E-state index in [-0.39, 0.29) is 22.0 Å². The molecule has 7 nitrogen and oxygen atoms in total. The molecular formula is C13H11ClN4O3S. The highest BCUT2D eigenvalue weighted by Gasteiger charge is 2.16. The number of hydrogen-bond donors (Lipinski definition) is 3. The molecule has 0 saturated carbocycles. The number of aromatic nitrogens is 2. The van der Waals surface area contributed by atoms with Crippen LogP contribution >= 0.6 is 23.4 Å². The van der Waals surface area contributed by atoms with Crippen molar-refractivity contribution >= 4 is 35.2 Å². The molecule has 0 fully saturated rings. The third-order valence-corrected chi connectivity index (χ3v) is 3.40. The summed E-state index contributed by atoms with van der Waals surface area (Å²) in [5.74, 6) is -1.55. The minimum absolute atomic E-state index is 0.0291. The Balaban J connectivity index is 2.07. The lowest BCUT2D eigenvalue weighted by atomic mass is 10.2. The Labute approximate surface area is 135 Å². The van der Waals surface area contributed by atoms with Crippen molar-refractivity contribution < 1.29 is 14.7 Å². The molecular weight excluding hydrogens is 328 g/mol. The number of thioether (sulfide) groups is 1. The van der Waals surface area contributed by atoms with Gasteiger partial charge in [0, 0.05) is 0 Å². The normalized spacial score (nSPS) is 10.1. The SMILES string of the molecule is CSc1ncc(Cl)c(C(=O)NNC(=O)c2ccccc2O)n1. The number of hydrazine groups is 1. The number of carbonyl (C=O) groups is 2. The molecule has 2 aromatic rings. The first-order valence-corrected chi connectivity index (χ1v) is 7.58. The summed E-state index contributed by atoms with van der Waals surface area (Å²) in [5.41, 5.74) is 4.33. The van der Waals surface area contributed by atoms with E-state index in [4.69, 9.17) is 11.6 Å². The summed E-state index contributed by atoms with van der Waals surface area (Å²) < 4.78 is 0. The molecule has 2 amide bonds. The van der Waals surface area contributed by atoms with Gasteiger partial charge in [0.1, 0.15) is 5.75 Å². The van der Waals surface area contributed by atoms with Gasteiger partial charge >= 0.3 is 0 Å². The second kappa shape index (κ2) is 7.10. The second-order valence-corrected chi connectivity index (χ2v) is 5.16. The topological polar surface area (TPSA) is 104 Å².